The lowest BCUT2D eigenvalue weighted by Crippen LogP contribution is -2.29. The Balaban J connectivity index is 1.67. The van der Waals surface area contributed by atoms with Gasteiger partial charge in [0.2, 0.25) is 0 Å². The van der Waals surface area contributed by atoms with Crippen molar-refractivity contribution in [3.8, 4) is 5.75 Å². The largest absolute Gasteiger partial charge is 0.471 e. The topological polar surface area (TPSA) is 65.2 Å². The van der Waals surface area contributed by atoms with Crippen molar-refractivity contribution in [1.29, 1.82) is 0 Å². The molecule has 0 aliphatic rings. The number of aromatic nitrogens is 4. The predicted molar refractivity (Wildman–Crippen MR) is 98.0 cm³/mol. The van der Waals surface area contributed by atoms with Crippen molar-refractivity contribution in [1.82, 2.24) is 24.5 Å². The first-order valence-electron chi connectivity index (χ1n) is 8.09. The van der Waals surface area contributed by atoms with E-state index in [1.54, 1.807) is 59.4 Å². The first kappa shape index (κ1) is 18.0. The highest BCUT2D eigenvalue weighted by Crippen LogP contribution is 2.16. The van der Waals surface area contributed by atoms with Crippen LogP contribution in [0.3, 0.4) is 0 Å². The molecule has 136 valence electrons. The van der Waals surface area contributed by atoms with Crippen LogP contribution < -0.4 is 4.74 Å². The van der Waals surface area contributed by atoms with Gasteiger partial charge in [0, 0.05) is 43.1 Å². The fraction of sp³-hybridized carbons (Fsp3) is 0.278. The van der Waals surface area contributed by atoms with Gasteiger partial charge in [0.25, 0.3) is 5.91 Å². The number of rotatable bonds is 6. The third-order valence-corrected chi connectivity index (χ3v) is 4.45. The van der Waals surface area contributed by atoms with Gasteiger partial charge in [0.15, 0.2) is 6.73 Å². The fourth-order valence-electron chi connectivity index (χ4n) is 2.51. The molecule has 0 radical (unpaired) electrons. The lowest BCUT2D eigenvalue weighted by Gasteiger charge is -2.18. The van der Waals surface area contributed by atoms with E-state index in [1.165, 1.54) is 4.68 Å². The van der Waals surface area contributed by atoms with Gasteiger partial charge in [-0.25, -0.2) is 4.68 Å². The molecule has 0 aliphatic heterocycles. The van der Waals surface area contributed by atoms with Crippen LogP contribution in [0.2, 0.25) is 5.02 Å². The fourth-order valence-corrected chi connectivity index (χ4v) is 2.63. The molecular weight excluding hydrogens is 354 g/mol. The van der Waals surface area contributed by atoms with Crippen molar-refractivity contribution in [3.63, 3.8) is 0 Å². The Hall–Kier alpha value is -2.80. The maximum absolute atomic E-state index is 12.8. The smallest absolute Gasteiger partial charge is 0.272 e. The monoisotopic (exact) mass is 373 g/mol. The van der Waals surface area contributed by atoms with Crippen molar-refractivity contribution in [2.45, 2.75) is 20.2 Å². The molecule has 1 aromatic carbocycles. The summed E-state index contributed by atoms with van der Waals surface area (Å²) in [4.78, 5) is 14.4. The summed E-state index contributed by atoms with van der Waals surface area (Å²) in [5, 5.41) is 9.03. The van der Waals surface area contributed by atoms with Gasteiger partial charge < -0.3 is 9.64 Å². The van der Waals surface area contributed by atoms with E-state index < -0.39 is 0 Å². The van der Waals surface area contributed by atoms with E-state index in [2.05, 4.69) is 10.2 Å². The molecule has 1 amide bonds. The summed E-state index contributed by atoms with van der Waals surface area (Å²) in [6, 6.07) is 8.71. The molecule has 3 rings (SSSR count). The molecule has 2 heterocycles. The number of nitrogens with zero attached hydrogens (tertiary/aromatic N) is 5. The second-order valence-corrected chi connectivity index (χ2v) is 6.42. The summed E-state index contributed by atoms with van der Waals surface area (Å²) in [6.45, 7) is 2.59. The van der Waals surface area contributed by atoms with Gasteiger partial charge in [-0.1, -0.05) is 11.6 Å². The van der Waals surface area contributed by atoms with Crippen molar-refractivity contribution < 1.29 is 9.53 Å². The molecule has 0 spiro atoms. The summed E-state index contributed by atoms with van der Waals surface area (Å²) in [5.41, 5.74) is 2.50. The average molecular weight is 374 g/mol. The number of benzene rings is 1. The first-order valence-corrected chi connectivity index (χ1v) is 8.46. The third kappa shape index (κ3) is 3.88. The van der Waals surface area contributed by atoms with Crippen LogP contribution in [0.4, 0.5) is 0 Å². The van der Waals surface area contributed by atoms with Gasteiger partial charge in [-0.2, -0.15) is 10.2 Å². The van der Waals surface area contributed by atoms with Crippen LogP contribution in [0.15, 0.2) is 42.7 Å². The standard InChI is InChI=1S/C18H20ClN5O2/c1-13-14(10-21-23(13)3)11-22(2)18(25)17-8-9-20-24(17)12-26-16-6-4-15(19)5-7-16/h4-10H,11-12H2,1-3H3. The van der Waals surface area contributed by atoms with Gasteiger partial charge in [0.05, 0.1) is 6.20 Å². The average Bonchev–Trinajstić information content (AvgIpc) is 3.22. The highest BCUT2D eigenvalue weighted by molar-refractivity contribution is 6.30. The molecule has 0 aliphatic carbocycles. The summed E-state index contributed by atoms with van der Waals surface area (Å²) in [6.07, 6.45) is 3.36. The molecule has 3 aromatic rings. The van der Waals surface area contributed by atoms with E-state index in [0.717, 1.165) is 11.3 Å². The second kappa shape index (κ2) is 7.61. The second-order valence-electron chi connectivity index (χ2n) is 5.98. The van der Waals surface area contributed by atoms with Crippen molar-refractivity contribution in [3.05, 3.63) is 64.7 Å². The summed E-state index contributed by atoms with van der Waals surface area (Å²) in [7, 11) is 3.63. The number of ether oxygens (including phenoxy) is 1. The van der Waals surface area contributed by atoms with E-state index in [4.69, 9.17) is 16.3 Å². The van der Waals surface area contributed by atoms with Gasteiger partial charge in [-0.05, 0) is 37.3 Å². The molecular formula is C18H20ClN5O2. The van der Waals surface area contributed by atoms with E-state index in [1.807, 2.05) is 14.0 Å². The summed E-state index contributed by atoms with van der Waals surface area (Å²) in [5.74, 6) is 0.521. The number of aryl methyl sites for hydroxylation is 1. The Bertz CT molecular complexity index is 901. The highest BCUT2D eigenvalue weighted by atomic mass is 35.5. The van der Waals surface area contributed by atoms with Crippen LogP contribution in [0.25, 0.3) is 0 Å². The number of carbonyl (C=O) groups excluding carboxylic acids is 1. The molecule has 0 saturated heterocycles. The minimum absolute atomic E-state index is 0.134. The van der Waals surface area contributed by atoms with E-state index in [9.17, 15) is 4.79 Å². The molecule has 0 saturated carbocycles. The minimum Gasteiger partial charge on any atom is -0.471 e. The summed E-state index contributed by atoms with van der Waals surface area (Å²) < 4.78 is 9.00. The van der Waals surface area contributed by atoms with Gasteiger partial charge in [-0.15, -0.1) is 0 Å². The van der Waals surface area contributed by atoms with Crippen molar-refractivity contribution in [2.75, 3.05) is 7.05 Å². The van der Waals surface area contributed by atoms with Crippen LogP contribution in [0, 0.1) is 6.92 Å². The highest BCUT2D eigenvalue weighted by Gasteiger charge is 2.18. The Labute approximate surface area is 156 Å². The Morgan fingerprint density at radius 2 is 1.96 bits per heavy atom. The number of halogens is 1. The van der Waals surface area contributed by atoms with Gasteiger partial charge >= 0.3 is 0 Å². The maximum Gasteiger partial charge on any atom is 0.272 e. The van der Waals surface area contributed by atoms with Gasteiger partial charge in [0.1, 0.15) is 11.4 Å². The number of carbonyl (C=O) groups is 1. The van der Waals surface area contributed by atoms with Crippen LogP contribution in [-0.2, 0) is 20.3 Å². The number of amides is 1. The predicted octanol–water partition coefficient (Wildman–Crippen LogP) is 2.89. The zero-order valence-electron chi connectivity index (χ0n) is 14.9. The Kier molecular flexibility index (Phi) is 5.27. The van der Waals surface area contributed by atoms with Crippen molar-refractivity contribution in [2.24, 2.45) is 7.05 Å². The minimum atomic E-state index is -0.134. The van der Waals surface area contributed by atoms with Crippen LogP contribution in [0.1, 0.15) is 21.7 Å². The SMILES string of the molecule is Cc1c(CN(C)C(=O)c2ccnn2COc2ccc(Cl)cc2)cnn1C. The molecule has 0 fully saturated rings. The third-order valence-electron chi connectivity index (χ3n) is 4.19. The van der Waals surface area contributed by atoms with Gasteiger partial charge in [-0.3, -0.25) is 9.48 Å². The molecule has 0 N–H and O–H groups in total. The van der Waals surface area contributed by atoms with Crippen LogP contribution in [0.5, 0.6) is 5.75 Å². The van der Waals surface area contributed by atoms with E-state index in [-0.39, 0.29) is 12.6 Å². The molecule has 7 nitrogen and oxygen atoms in total. The Morgan fingerprint density at radius 1 is 1.23 bits per heavy atom. The first-order chi connectivity index (χ1) is 12.5. The van der Waals surface area contributed by atoms with Crippen LogP contribution >= 0.6 is 11.6 Å². The molecule has 2 aromatic heterocycles. The lowest BCUT2D eigenvalue weighted by molar-refractivity contribution is 0.0762. The zero-order chi connectivity index (χ0) is 18.7. The summed E-state index contributed by atoms with van der Waals surface area (Å²) >= 11 is 5.86. The molecule has 0 atom stereocenters. The maximum atomic E-state index is 12.8. The molecule has 26 heavy (non-hydrogen) atoms. The van der Waals surface area contributed by atoms with Crippen molar-refractivity contribution >= 4 is 17.5 Å². The molecule has 0 bridgehead atoms. The quantitative estimate of drug-likeness (QED) is 0.666. The number of hydrogen-bond donors (Lipinski definition) is 0. The molecule has 8 heteroatoms. The molecule has 0 unspecified atom stereocenters. The van der Waals surface area contributed by atoms with Crippen LogP contribution in [-0.4, -0.2) is 37.4 Å². The van der Waals surface area contributed by atoms with E-state index in [0.29, 0.717) is 23.0 Å². The zero-order valence-corrected chi connectivity index (χ0v) is 15.6. The normalized spacial score (nSPS) is 10.8. The lowest BCUT2D eigenvalue weighted by atomic mass is 10.2. The Morgan fingerprint density at radius 3 is 2.62 bits per heavy atom. The number of hydrogen-bond acceptors (Lipinski definition) is 4. The van der Waals surface area contributed by atoms with E-state index >= 15 is 0 Å².